The average Bonchev–Trinajstić information content (AvgIpc) is 3.23. The summed E-state index contributed by atoms with van der Waals surface area (Å²) in [7, 11) is 1.73. The number of para-hydroxylation sites is 1. The monoisotopic (exact) mass is 380 g/mol. The van der Waals surface area contributed by atoms with Gasteiger partial charge < -0.3 is 15.0 Å². The number of hydrogen-bond donors (Lipinski definition) is 1. The lowest BCUT2D eigenvalue weighted by Crippen LogP contribution is -2.30. The third-order valence-electron chi connectivity index (χ3n) is 3.90. The number of ether oxygens (including phenoxy) is 1. The Morgan fingerprint density at radius 3 is 2.59 bits per heavy atom. The fraction of sp³-hybridized carbons (Fsp3) is 0.143. The Hall–Kier alpha value is -3.12. The van der Waals surface area contributed by atoms with E-state index in [2.05, 4.69) is 5.32 Å². The van der Waals surface area contributed by atoms with Gasteiger partial charge in [-0.2, -0.15) is 0 Å². The number of likely N-dealkylation sites (N-methyl/N-ethyl adjacent to an activating group) is 1. The highest BCUT2D eigenvalue weighted by atomic mass is 32.1. The van der Waals surface area contributed by atoms with Crippen LogP contribution in [0.2, 0.25) is 0 Å². The highest BCUT2D eigenvalue weighted by Crippen LogP contribution is 2.16. The van der Waals surface area contributed by atoms with Gasteiger partial charge in [-0.15, -0.1) is 11.3 Å². The Balaban J connectivity index is 1.56. The molecular formula is C21H20N2O3S. The quantitative estimate of drug-likeness (QED) is 0.670. The van der Waals surface area contributed by atoms with E-state index in [0.29, 0.717) is 29.3 Å². The molecule has 0 saturated carbocycles. The minimum Gasteiger partial charge on any atom is -0.492 e. The van der Waals surface area contributed by atoms with E-state index in [0.717, 1.165) is 5.75 Å². The van der Waals surface area contributed by atoms with Crippen molar-refractivity contribution in [2.75, 3.05) is 25.5 Å². The molecule has 138 valence electrons. The van der Waals surface area contributed by atoms with E-state index in [1.54, 1.807) is 42.3 Å². The molecular weight excluding hydrogens is 360 g/mol. The molecule has 2 amide bonds. The zero-order chi connectivity index (χ0) is 19.1. The molecule has 1 heterocycles. The second-order valence-electron chi connectivity index (χ2n) is 5.90. The standard InChI is InChI=1S/C21H20N2O3S/c1-23(12-13-26-18-9-3-2-4-10-18)21(25)16-7-5-8-17(15-16)22-20(24)19-11-6-14-27-19/h2-11,14-15H,12-13H2,1H3,(H,22,24). The van der Waals surface area contributed by atoms with Gasteiger partial charge in [-0.1, -0.05) is 30.3 Å². The average molecular weight is 380 g/mol. The summed E-state index contributed by atoms with van der Waals surface area (Å²) >= 11 is 1.37. The summed E-state index contributed by atoms with van der Waals surface area (Å²) in [5.74, 6) is 0.467. The van der Waals surface area contributed by atoms with E-state index in [1.165, 1.54) is 11.3 Å². The van der Waals surface area contributed by atoms with Gasteiger partial charge in [-0.25, -0.2) is 0 Å². The lowest BCUT2D eigenvalue weighted by molar-refractivity contribution is 0.0773. The van der Waals surface area contributed by atoms with Crippen LogP contribution in [0.25, 0.3) is 0 Å². The molecule has 0 atom stereocenters. The fourth-order valence-corrected chi connectivity index (χ4v) is 3.09. The van der Waals surface area contributed by atoms with Crippen LogP contribution in [0.4, 0.5) is 5.69 Å². The van der Waals surface area contributed by atoms with Crippen LogP contribution < -0.4 is 10.1 Å². The molecule has 6 heteroatoms. The molecule has 1 N–H and O–H groups in total. The predicted octanol–water partition coefficient (Wildman–Crippen LogP) is 4.15. The summed E-state index contributed by atoms with van der Waals surface area (Å²) in [5, 5.41) is 4.67. The molecule has 5 nitrogen and oxygen atoms in total. The third kappa shape index (κ3) is 5.18. The predicted molar refractivity (Wildman–Crippen MR) is 108 cm³/mol. The zero-order valence-corrected chi connectivity index (χ0v) is 15.7. The molecule has 0 aliphatic heterocycles. The van der Waals surface area contributed by atoms with Gasteiger partial charge >= 0.3 is 0 Å². The molecule has 0 saturated heterocycles. The van der Waals surface area contributed by atoms with Crippen LogP contribution in [0.1, 0.15) is 20.0 Å². The largest absolute Gasteiger partial charge is 0.492 e. The summed E-state index contributed by atoms with van der Waals surface area (Å²) in [6.07, 6.45) is 0. The maximum atomic E-state index is 12.6. The molecule has 0 fully saturated rings. The Bertz CT molecular complexity index is 895. The summed E-state index contributed by atoms with van der Waals surface area (Å²) in [5.41, 5.74) is 1.11. The summed E-state index contributed by atoms with van der Waals surface area (Å²) in [6.45, 7) is 0.862. The minimum atomic E-state index is -0.181. The number of nitrogens with one attached hydrogen (secondary N) is 1. The first-order valence-corrected chi connectivity index (χ1v) is 9.39. The smallest absolute Gasteiger partial charge is 0.265 e. The number of amides is 2. The molecule has 0 spiro atoms. The molecule has 3 rings (SSSR count). The van der Waals surface area contributed by atoms with Gasteiger partial charge in [0.1, 0.15) is 12.4 Å². The van der Waals surface area contributed by atoms with E-state index in [1.807, 2.05) is 41.8 Å². The van der Waals surface area contributed by atoms with E-state index in [-0.39, 0.29) is 11.8 Å². The Morgan fingerprint density at radius 1 is 1.04 bits per heavy atom. The zero-order valence-electron chi connectivity index (χ0n) is 14.9. The van der Waals surface area contributed by atoms with Crippen molar-refractivity contribution in [2.24, 2.45) is 0 Å². The molecule has 1 aromatic heterocycles. The SMILES string of the molecule is CN(CCOc1ccccc1)C(=O)c1cccc(NC(=O)c2cccs2)c1. The van der Waals surface area contributed by atoms with Crippen LogP contribution >= 0.6 is 11.3 Å². The van der Waals surface area contributed by atoms with Gasteiger partial charge in [0.2, 0.25) is 0 Å². The van der Waals surface area contributed by atoms with Gasteiger partial charge in [0.05, 0.1) is 11.4 Å². The van der Waals surface area contributed by atoms with Crippen molar-refractivity contribution in [3.63, 3.8) is 0 Å². The normalized spacial score (nSPS) is 10.3. The van der Waals surface area contributed by atoms with Crippen molar-refractivity contribution >= 4 is 28.8 Å². The maximum Gasteiger partial charge on any atom is 0.265 e. The van der Waals surface area contributed by atoms with Gasteiger partial charge in [0, 0.05) is 18.3 Å². The number of rotatable bonds is 7. The van der Waals surface area contributed by atoms with Crippen LogP contribution in [-0.2, 0) is 0 Å². The van der Waals surface area contributed by atoms with Gasteiger partial charge in [0.25, 0.3) is 11.8 Å². The second kappa shape index (κ2) is 9.00. The number of benzene rings is 2. The number of carbonyl (C=O) groups excluding carboxylic acids is 2. The van der Waals surface area contributed by atoms with Gasteiger partial charge in [0.15, 0.2) is 0 Å². The lowest BCUT2D eigenvalue weighted by Gasteiger charge is -2.18. The molecule has 2 aromatic carbocycles. The van der Waals surface area contributed by atoms with Crippen molar-refractivity contribution < 1.29 is 14.3 Å². The van der Waals surface area contributed by atoms with Crippen LogP contribution in [-0.4, -0.2) is 36.9 Å². The third-order valence-corrected chi connectivity index (χ3v) is 4.77. The Morgan fingerprint density at radius 2 is 1.85 bits per heavy atom. The van der Waals surface area contributed by atoms with E-state index < -0.39 is 0 Å². The molecule has 0 bridgehead atoms. The van der Waals surface area contributed by atoms with E-state index in [4.69, 9.17) is 4.74 Å². The van der Waals surface area contributed by atoms with E-state index >= 15 is 0 Å². The molecule has 0 unspecified atom stereocenters. The number of carbonyl (C=O) groups is 2. The molecule has 3 aromatic rings. The van der Waals surface area contributed by atoms with Crippen LogP contribution in [0.5, 0.6) is 5.75 Å². The number of anilines is 1. The molecule has 27 heavy (non-hydrogen) atoms. The lowest BCUT2D eigenvalue weighted by atomic mass is 10.1. The first kappa shape index (κ1) is 18.7. The maximum absolute atomic E-state index is 12.6. The van der Waals surface area contributed by atoms with Crippen molar-refractivity contribution in [3.05, 3.63) is 82.6 Å². The van der Waals surface area contributed by atoms with Crippen molar-refractivity contribution in [1.29, 1.82) is 0 Å². The highest BCUT2D eigenvalue weighted by molar-refractivity contribution is 7.12. The van der Waals surface area contributed by atoms with Gasteiger partial charge in [-0.05, 0) is 41.8 Å². The van der Waals surface area contributed by atoms with Crippen LogP contribution in [0.15, 0.2) is 72.1 Å². The first-order valence-electron chi connectivity index (χ1n) is 8.52. The van der Waals surface area contributed by atoms with Crippen LogP contribution in [0, 0.1) is 0 Å². The van der Waals surface area contributed by atoms with E-state index in [9.17, 15) is 9.59 Å². The first-order chi connectivity index (χ1) is 13.1. The Labute approximate surface area is 162 Å². The molecule has 0 aliphatic carbocycles. The Kier molecular flexibility index (Phi) is 6.22. The number of hydrogen-bond acceptors (Lipinski definition) is 4. The second-order valence-corrected chi connectivity index (χ2v) is 6.85. The van der Waals surface area contributed by atoms with Crippen LogP contribution in [0.3, 0.4) is 0 Å². The van der Waals surface area contributed by atoms with Crippen molar-refractivity contribution in [3.8, 4) is 5.75 Å². The summed E-state index contributed by atoms with van der Waals surface area (Å²) in [4.78, 5) is 27.0. The van der Waals surface area contributed by atoms with Crippen molar-refractivity contribution in [1.82, 2.24) is 4.90 Å². The topological polar surface area (TPSA) is 58.6 Å². The summed E-state index contributed by atoms with van der Waals surface area (Å²) in [6, 6.07) is 20.0. The molecule has 0 radical (unpaired) electrons. The highest BCUT2D eigenvalue weighted by Gasteiger charge is 2.13. The minimum absolute atomic E-state index is 0.126. The fourth-order valence-electron chi connectivity index (χ4n) is 2.47. The summed E-state index contributed by atoms with van der Waals surface area (Å²) < 4.78 is 5.63. The molecule has 0 aliphatic rings. The van der Waals surface area contributed by atoms with Gasteiger partial charge in [-0.3, -0.25) is 9.59 Å². The number of nitrogens with zero attached hydrogens (tertiary/aromatic N) is 1. The number of thiophene rings is 1. The van der Waals surface area contributed by atoms with Crippen molar-refractivity contribution in [2.45, 2.75) is 0 Å².